The Balaban J connectivity index is 1.58. The Bertz CT molecular complexity index is 511. The molecule has 1 aromatic heterocycles. The van der Waals surface area contributed by atoms with E-state index in [4.69, 9.17) is 11.6 Å². The number of nitrogens with zero attached hydrogens (tertiary/aromatic N) is 3. The third-order valence-corrected chi connectivity index (χ3v) is 4.91. The second kappa shape index (κ2) is 12.9. The number of aliphatic imine (C=N–C) groups is 1. The van der Waals surface area contributed by atoms with Gasteiger partial charge >= 0.3 is 0 Å². The van der Waals surface area contributed by atoms with E-state index in [0.29, 0.717) is 5.15 Å². The SMILES string of the molecule is CCNC(=NCCCCCN1CCCCC1)NCCc1ccc(Cl)nc1. The molecule has 1 aromatic rings. The minimum Gasteiger partial charge on any atom is -0.357 e. The first-order valence-electron chi connectivity index (χ1n) is 10.1. The number of hydrogen-bond acceptors (Lipinski definition) is 3. The lowest BCUT2D eigenvalue weighted by Gasteiger charge is -2.26. The van der Waals surface area contributed by atoms with Crippen LogP contribution in [0, 0.1) is 0 Å². The van der Waals surface area contributed by atoms with Crippen molar-refractivity contribution in [3.05, 3.63) is 29.0 Å². The first-order chi connectivity index (χ1) is 12.8. The number of aromatic nitrogens is 1. The van der Waals surface area contributed by atoms with Gasteiger partial charge in [0.05, 0.1) is 0 Å². The second-order valence-electron chi connectivity index (χ2n) is 6.89. The Kier molecular flexibility index (Phi) is 10.4. The molecule has 0 radical (unpaired) electrons. The molecule has 146 valence electrons. The summed E-state index contributed by atoms with van der Waals surface area (Å²) in [6, 6.07) is 3.85. The fraction of sp³-hybridized carbons (Fsp3) is 0.700. The van der Waals surface area contributed by atoms with Crippen LogP contribution >= 0.6 is 11.6 Å². The molecular weight excluding hydrogens is 346 g/mol. The van der Waals surface area contributed by atoms with Crippen LogP contribution < -0.4 is 10.6 Å². The maximum absolute atomic E-state index is 5.82. The first kappa shape index (κ1) is 21.0. The maximum atomic E-state index is 5.82. The molecule has 1 fully saturated rings. The van der Waals surface area contributed by atoms with Crippen molar-refractivity contribution in [1.29, 1.82) is 0 Å². The van der Waals surface area contributed by atoms with Crippen LogP contribution in [0.25, 0.3) is 0 Å². The van der Waals surface area contributed by atoms with E-state index in [9.17, 15) is 0 Å². The fourth-order valence-corrected chi connectivity index (χ4v) is 3.33. The van der Waals surface area contributed by atoms with E-state index in [1.807, 2.05) is 18.3 Å². The summed E-state index contributed by atoms with van der Waals surface area (Å²) in [6.07, 6.45) is 10.6. The van der Waals surface area contributed by atoms with Gasteiger partial charge in [-0.1, -0.05) is 30.5 Å². The van der Waals surface area contributed by atoms with Gasteiger partial charge in [-0.05, 0) is 70.3 Å². The number of unbranched alkanes of at least 4 members (excludes halogenated alkanes) is 2. The molecule has 6 heteroatoms. The van der Waals surface area contributed by atoms with Crippen molar-refractivity contribution in [2.45, 2.75) is 51.9 Å². The summed E-state index contributed by atoms with van der Waals surface area (Å²) >= 11 is 5.82. The van der Waals surface area contributed by atoms with Crippen LogP contribution in [0.2, 0.25) is 5.15 Å². The van der Waals surface area contributed by atoms with Gasteiger partial charge in [0.1, 0.15) is 5.15 Å². The normalized spacial score (nSPS) is 15.8. The van der Waals surface area contributed by atoms with Crippen LogP contribution in [0.15, 0.2) is 23.3 Å². The van der Waals surface area contributed by atoms with Gasteiger partial charge in [0.25, 0.3) is 0 Å². The van der Waals surface area contributed by atoms with Gasteiger partial charge in [-0.25, -0.2) is 4.98 Å². The number of halogens is 1. The summed E-state index contributed by atoms with van der Waals surface area (Å²) in [5, 5.41) is 7.25. The van der Waals surface area contributed by atoms with Crippen molar-refractivity contribution in [3.8, 4) is 0 Å². The molecule has 1 aliphatic rings. The summed E-state index contributed by atoms with van der Waals surface area (Å²) in [5.41, 5.74) is 1.18. The van der Waals surface area contributed by atoms with Gasteiger partial charge in [-0.2, -0.15) is 0 Å². The molecular formula is C20H34ClN5. The Morgan fingerprint density at radius 3 is 2.73 bits per heavy atom. The molecule has 1 aliphatic heterocycles. The highest BCUT2D eigenvalue weighted by Crippen LogP contribution is 2.10. The molecule has 0 unspecified atom stereocenters. The minimum atomic E-state index is 0.539. The fourth-order valence-electron chi connectivity index (χ4n) is 3.22. The Morgan fingerprint density at radius 1 is 1.15 bits per heavy atom. The van der Waals surface area contributed by atoms with Crippen molar-refractivity contribution in [3.63, 3.8) is 0 Å². The van der Waals surface area contributed by atoms with Crippen molar-refractivity contribution < 1.29 is 0 Å². The van der Waals surface area contributed by atoms with Gasteiger partial charge in [-0.15, -0.1) is 0 Å². The molecule has 0 saturated carbocycles. The molecule has 2 N–H and O–H groups in total. The number of piperidine rings is 1. The van der Waals surface area contributed by atoms with Gasteiger partial charge in [0.2, 0.25) is 0 Å². The number of rotatable bonds is 10. The molecule has 26 heavy (non-hydrogen) atoms. The Morgan fingerprint density at radius 2 is 2.00 bits per heavy atom. The molecule has 1 saturated heterocycles. The van der Waals surface area contributed by atoms with E-state index in [1.54, 1.807) is 0 Å². The quantitative estimate of drug-likeness (QED) is 0.283. The zero-order valence-electron chi connectivity index (χ0n) is 16.1. The molecule has 0 amide bonds. The standard InChI is InChI=1S/C20H34ClN5/c1-2-22-20(24-13-11-18-9-10-19(21)25-17-18)23-12-5-3-6-14-26-15-7-4-8-16-26/h9-10,17H,2-8,11-16H2,1H3,(H2,22,23,24). The van der Waals surface area contributed by atoms with Crippen LogP contribution in [0.4, 0.5) is 0 Å². The monoisotopic (exact) mass is 379 g/mol. The molecule has 0 atom stereocenters. The highest BCUT2D eigenvalue weighted by Gasteiger charge is 2.08. The summed E-state index contributed by atoms with van der Waals surface area (Å²) in [6.45, 7) is 8.56. The number of pyridine rings is 1. The van der Waals surface area contributed by atoms with Gasteiger partial charge in [-0.3, -0.25) is 4.99 Å². The predicted octanol–water partition coefficient (Wildman–Crippen LogP) is 3.49. The minimum absolute atomic E-state index is 0.539. The number of guanidine groups is 1. The zero-order valence-corrected chi connectivity index (χ0v) is 16.9. The van der Waals surface area contributed by atoms with E-state index in [-0.39, 0.29) is 0 Å². The summed E-state index contributed by atoms with van der Waals surface area (Å²) < 4.78 is 0. The average Bonchev–Trinajstić information content (AvgIpc) is 2.67. The van der Waals surface area contributed by atoms with E-state index >= 15 is 0 Å². The van der Waals surface area contributed by atoms with Gasteiger partial charge < -0.3 is 15.5 Å². The van der Waals surface area contributed by atoms with E-state index in [1.165, 1.54) is 57.3 Å². The van der Waals surface area contributed by atoms with Crippen molar-refractivity contribution in [2.75, 3.05) is 39.3 Å². The summed E-state index contributed by atoms with van der Waals surface area (Å²) in [4.78, 5) is 11.4. The molecule has 0 spiro atoms. The largest absolute Gasteiger partial charge is 0.357 e. The molecule has 2 heterocycles. The Labute approximate surface area is 163 Å². The lowest BCUT2D eigenvalue weighted by atomic mass is 10.1. The highest BCUT2D eigenvalue weighted by molar-refractivity contribution is 6.29. The van der Waals surface area contributed by atoms with E-state index < -0.39 is 0 Å². The van der Waals surface area contributed by atoms with Crippen LogP contribution in [0.3, 0.4) is 0 Å². The zero-order chi connectivity index (χ0) is 18.5. The molecule has 2 rings (SSSR count). The van der Waals surface area contributed by atoms with Crippen molar-refractivity contribution in [2.24, 2.45) is 4.99 Å². The highest BCUT2D eigenvalue weighted by atomic mass is 35.5. The van der Waals surface area contributed by atoms with Crippen LogP contribution in [0.5, 0.6) is 0 Å². The third kappa shape index (κ3) is 8.86. The third-order valence-electron chi connectivity index (χ3n) is 4.69. The topological polar surface area (TPSA) is 52.6 Å². The van der Waals surface area contributed by atoms with Gasteiger partial charge in [0.15, 0.2) is 5.96 Å². The van der Waals surface area contributed by atoms with Crippen molar-refractivity contribution >= 4 is 17.6 Å². The van der Waals surface area contributed by atoms with Gasteiger partial charge in [0, 0.05) is 25.8 Å². The Hall–Kier alpha value is -1.33. The van der Waals surface area contributed by atoms with Crippen molar-refractivity contribution in [1.82, 2.24) is 20.5 Å². The predicted molar refractivity (Wildman–Crippen MR) is 111 cm³/mol. The van der Waals surface area contributed by atoms with E-state index in [0.717, 1.165) is 38.4 Å². The smallest absolute Gasteiger partial charge is 0.191 e. The first-order valence-corrected chi connectivity index (χ1v) is 10.5. The number of hydrogen-bond donors (Lipinski definition) is 2. The lowest BCUT2D eigenvalue weighted by Crippen LogP contribution is -2.38. The average molecular weight is 380 g/mol. The number of nitrogens with one attached hydrogen (secondary N) is 2. The maximum Gasteiger partial charge on any atom is 0.191 e. The van der Waals surface area contributed by atoms with E-state index in [2.05, 4.69) is 32.4 Å². The summed E-state index contributed by atoms with van der Waals surface area (Å²) in [5.74, 6) is 0.908. The molecule has 0 bridgehead atoms. The summed E-state index contributed by atoms with van der Waals surface area (Å²) in [7, 11) is 0. The lowest BCUT2D eigenvalue weighted by molar-refractivity contribution is 0.224. The molecule has 0 aliphatic carbocycles. The number of likely N-dealkylation sites (tertiary alicyclic amines) is 1. The molecule has 0 aromatic carbocycles. The van der Waals surface area contributed by atoms with Crippen LogP contribution in [-0.2, 0) is 6.42 Å². The van der Waals surface area contributed by atoms with Crippen LogP contribution in [-0.4, -0.2) is 55.1 Å². The van der Waals surface area contributed by atoms with Crippen LogP contribution in [0.1, 0.15) is 51.0 Å². The second-order valence-corrected chi connectivity index (χ2v) is 7.28. The molecule has 5 nitrogen and oxygen atoms in total.